The van der Waals surface area contributed by atoms with Gasteiger partial charge in [-0.2, -0.15) is 5.26 Å². The van der Waals surface area contributed by atoms with E-state index in [-0.39, 0.29) is 22.6 Å². The molecule has 0 bridgehead atoms. The normalized spacial score (nSPS) is 17.6. The van der Waals surface area contributed by atoms with Gasteiger partial charge in [0, 0.05) is 25.3 Å². The second kappa shape index (κ2) is 11.2. The van der Waals surface area contributed by atoms with Crippen molar-refractivity contribution >= 4 is 69.6 Å². The fraction of sp³-hybridized carbons (Fsp3) is 0.360. The van der Waals surface area contributed by atoms with Gasteiger partial charge in [0.05, 0.1) is 40.2 Å². The molecule has 2 aromatic rings. The second-order valence-corrected chi connectivity index (χ2v) is 10.2. The summed E-state index contributed by atoms with van der Waals surface area (Å²) in [5, 5.41) is 12.6. The van der Waals surface area contributed by atoms with E-state index >= 15 is 0 Å². The Morgan fingerprint density at radius 2 is 1.86 bits per heavy atom. The van der Waals surface area contributed by atoms with Gasteiger partial charge in [-0.1, -0.05) is 23.2 Å². The zero-order chi connectivity index (χ0) is 26.7. The van der Waals surface area contributed by atoms with Gasteiger partial charge < -0.3 is 14.4 Å². The first-order valence-electron chi connectivity index (χ1n) is 11.6. The van der Waals surface area contributed by atoms with Gasteiger partial charge in [0.2, 0.25) is 0 Å². The van der Waals surface area contributed by atoms with Crippen LogP contribution in [0.25, 0.3) is 0 Å². The number of carbonyl (C=O) groups is 2. The summed E-state index contributed by atoms with van der Waals surface area (Å²) in [4.78, 5) is 31.1. The van der Waals surface area contributed by atoms with Gasteiger partial charge in [0.15, 0.2) is 5.11 Å². The maximum Gasteiger partial charge on any atom is 0.411 e. The molecule has 2 aromatic carbocycles. The summed E-state index contributed by atoms with van der Waals surface area (Å²) >= 11 is 18.3. The lowest BCUT2D eigenvalue weighted by Crippen LogP contribution is -2.44. The number of thiocarbonyl (C=S) groups is 1. The maximum absolute atomic E-state index is 13.4. The zero-order valence-corrected chi connectivity index (χ0v) is 22.6. The van der Waals surface area contributed by atoms with Crippen LogP contribution in [0.2, 0.25) is 10.0 Å². The lowest BCUT2D eigenvalue weighted by Gasteiger charge is -2.30. The van der Waals surface area contributed by atoms with E-state index in [1.165, 1.54) is 17.0 Å². The number of carbonyl (C=O) groups excluding carboxylic acids is 2. The highest BCUT2D eigenvalue weighted by molar-refractivity contribution is 7.81. The Morgan fingerprint density at radius 3 is 2.54 bits per heavy atom. The topological polar surface area (TPSA) is 98.1 Å². The number of nitriles is 1. The zero-order valence-electron chi connectivity index (χ0n) is 20.3. The highest BCUT2D eigenvalue weighted by atomic mass is 35.5. The van der Waals surface area contributed by atoms with Gasteiger partial charge in [-0.3, -0.25) is 19.9 Å². The Bertz CT molecular complexity index is 1280. The molecule has 2 heterocycles. The molecule has 2 saturated heterocycles. The minimum atomic E-state index is -1.05. The van der Waals surface area contributed by atoms with E-state index in [0.717, 1.165) is 13.1 Å². The lowest BCUT2D eigenvalue weighted by molar-refractivity contribution is -0.120. The number of hydrogen-bond acceptors (Lipinski definition) is 7. The number of morpholine rings is 1. The molecule has 2 aliphatic heterocycles. The van der Waals surface area contributed by atoms with Crippen LogP contribution in [0.15, 0.2) is 36.4 Å². The van der Waals surface area contributed by atoms with Crippen LogP contribution in [-0.4, -0.2) is 67.0 Å². The van der Waals surface area contributed by atoms with Gasteiger partial charge in [0.1, 0.15) is 18.2 Å². The van der Waals surface area contributed by atoms with Crippen LogP contribution < -0.4 is 15.1 Å². The summed E-state index contributed by atoms with van der Waals surface area (Å²) in [5.41, 5.74) is 0.566. The molecule has 2 fully saturated rings. The standard InChI is InChI=1S/C25H25Cl2N5O4S/c1-25(2)22(33)31(17-4-3-16(15-28)20(27)13-17)24(37)32(25)18-5-6-19(26)21(14-18)29-23(34)36-12-9-30-7-10-35-11-8-30/h3-6,13-14H,7-12H2,1-2H3,(H,29,34). The number of halogens is 2. The average Bonchev–Trinajstić information content (AvgIpc) is 3.04. The number of anilines is 3. The minimum absolute atomic E-state index is 0.219. The largest absolute Gasteiger partial charge is 0.448 e. The summed E-state index contributed by atoms with van der Waals surface area (Å²) < 4.78 is 10.6. The number of amides is 2. The first kappa shape index (κ1) is 27.1. The predicted octanol–water partition coefficient (Wildman–Crippen LogP) is 4.66. The first-order valence-corrected chi connectivity index (χ1v) is 12.7. The molecule has 0 aromatic heterocycles. The minimum Gasteiger partial charge on any atom is -0.448 e. The number of benzene rings is 2. The van der Waals surface area contributed by atoms with Gasteiger partial charge in [0.25, 0.3) is 5.91 Å². The van der Waals surface area contributed by atoms with E-state index in [1.54, 1.807) is 43.0 Å². The molecule has 2 amide bonds. The quantitative estimate of drug-likeness (QED) is 0.508. The monoisotopic (exact) mass is 561 g/mol. The summed E-state index contributed by atoms with van der Waals surface area (Å²) in [6, 6.07) is 11.7. The Kier molecular flexibility index (Phi) is 8.21. The van der Waals surface area contributed by atoms with Gasteiger partial charge >= 0.3 is 6.09 Å². The maximum atomic E-state index is 13.4. The molecule has 2 aliphatic rings. The molecule has 4 rings (SSSR count). The van der Waals surface area contributed by atoms with Crippen molar-refractivity contribution in [3.05, 3.63) is 52.0 Å². The molecule has 37 heavy (non-hydrogen) atoms. The third-order valence-electron chi connectivity index (χ3n) is 6.19. The number of ether oxygens (including phenoxy) is 2. The summed E-state index contributed by atoms with van der Waals surface area (Å²) in [6.07, 6.45) is -0.638. The molecule has 194 valence electrons. The third kappa shape index (κ3) is 5.66. The Morgan fingerprint density at radius 1 is 1.16 bits per heavy atom. The summed E-state index contributed by atoms with van der Waals surface area (Å²) in [6.45, 7) is 7.26. The van der Waals surface area contributed by atoms with Crippen LogP contribution in [0, 0.1) is 11.3 Å². The number of nitrogens with one attached hydrogen (secondary N) is 1. The van der Waals surface area contributed by atoms with Crippen molar-refractivity contribution < 1.29 is 19.1 Å². The number of hydrogen-bond donors (Lipinski definition) is 1. The van der Waals surface area contributed by atoms with Crippen molar-refractivity contribution in [1.29, 1.82) is 5.26 Å². The van der Waals surface area contributed by atoms with Crippen molar-refractivity contribution in [2.24, 2.45) is 0 Å². The highest BCUT2D eigenvalue weighted by Gasteiger charge is 2.50. The number of nitrogens with zero attached hydrogens (tertiary/aromatic N) is 4. The van der Waals surface area contributed by atoms with E-state index in [4.69, 9.17) is 50.2 Å². The Hall–Kier alpha value is -2.94. The van der Waals surface area contributed by atoms with E-state index < -0.39 is 11.6 Å². The van der Waals surface area contributed by atoms with Crippen molar-refractivity contribution in [3.63, 3.8) is 0 Å². The summed E-state index contributed by atoms with van der Waals surface area (Å²) in [5.74, 6) is -0.273. The molecule has 0 atom stereocenters. The first-order chi connectivity index (χ1) is 17.6. The van der Waals surface area contributed by atoms with Gasteiger partial charge in [-0.25, -0.2) is 4.79 Å². The van der Waals surface area contributed by atoms with Crippen LogP contribution in [0.3, 0.4) is 0 Å². The fourth-order valence-corrected chi connectivity index (χ4v) is 5.08. The van der Waals surface area contributed by atoms with Crippen molar-refractivity contribution in [2.75, 3.05) is 54.6 Å². The lowest BCUT2D eigenvalue weighted by atomic mass is 10.0. The molecule has 0 saturated carbocycles. The van der Waals surface area contributed by atoms with Crippen LogP contribution >= 0.6 is 35.4 Å². The molecule has 12 heteroatoms. The van der Waals surface area contributed by atoms with Crippen molar-refractivity contribution in [2.45, 2.75) is 19.4 Å². The van der Waals surface area contributed by atoms with Crippen LogP contribution in [0.5, 0.6) is 0 Å². The molecule has 0 aliphatic carbocycles. The predicted molar refractivity (Wildman–Crippen MR) is 146 cm³/mol. The second-order valence-electron chi connectivity index (χ2n) is 8.97. The molecular formula is C25H25Cl2N5O4S. The Balaban J connectivity index is 1.51. The van der Waals surface area contributed by atoms with Crippen LogP contribution in [-0.2, 0) is 14.3 Å². The highest BCUT2D eigenvalue weighted by Crippen LogP contribution is 2.39. The average molecular weight is 562 g/mol. The molecule has 0 radical (unpaired) electrons. The fourth-order valence-electron chi connectivity index (χ4n) is 4.18. The molecule has 0 unspecified atom stereocenters. The molecule has 0 spiro atoms. The molecular weight excluding hydrogens is 537 g/mol. The SMILES string of the molecule is CC1(C)C(=O)N(c2ccc(C#N)c(Cl)c2)C(=S)N1c1ccc(Cl)c(NC(=O)OCCN2CCOCC2)c1. The van der Waals surface area contributed by atoms with E-state index in [0.29, 0.717) is 47.4 Å². The van der Waals surface area contributed by atoms with E-state index in [2.05, 4.69) is 10.2 Å². The van der Waals surface area contributed by atoms with Crippen molar-refractivity contribution in [1.82, 2.24) is 4.90 Å². The van der Waals surface area contributed by atoms with Crippen molar-refractivity contribution in [3.8, 4) is 6.07 Å². The van der Waals surface area contributed by atoms with E-state index in [1.807, 2.05) is 6.07 Å². The summed E-state index contributed by atoms with van der Waals surface area (Å²) in [7, 11) is 0. The Labute approximate surface area is 230 Å². The van der Waals surface area contributed by atoms with Gasteiger partial charge in [-0.15, -0.1) is 0 Å². The van der Waals surface area contributed by atoms with Crippen LogP contribution in [0.4, 0.5) is 21.9 Å². The van der Waals surface area contributed by atoms with E-state index in [9.17, 15) is 9.59 Å². The number of rotatable bonds is 6. The molecule has 1 N–H and O–H groups in total. The van der Waals surface area contributed by atoms with Gasteiger partial charge in [-0.05, 0) is 62.5 Å². The third-order valence-corrected chi connectivity index (χ3v) is 7.20. The molecule has 9 nitrogen and oxygen atoms in total. The smallest absolute Gasteiger partial charge is 0.411 e. The van der Waals surface area contributed by atoms with Crippen LogP contribution in [0.1, 0.15) is 19.4 Å².